The van der Waals surface area contributed by atoms with E-state index >= 15 is 0 Å². The second kappa shape index (κ2) is 4.58. The van der Waals surface area contributed by atoms with Crippen molar-refractivity contribution < 1.29 is 18.7 Å². The highest BCUT2D eigenvalue weighted by Gasteiger charge is 2.10. The van der Waals surface area contributed by atoms with Crippen LogP contribution in [0.1, 0.15) is 21.1 Å². The van der Waals surface area contributed by atoms with Gasteiger partial charge in [0, 0.05) is 11.8 Å². The predicted molar refractivity (Wildman–Crippen MR) is 58.2 cm³/mol. The molecule has 0 radical (unpaired) electrons. The molecule has 0 saturated carbocycles. The van der Waals surface area contributed by atoms with Gasteiger partial charge in [-0.15, -0.1) is 11.3 Å². The molecular weight excluding hydrogens is 248 g/mol. The second-order valence-corrected chi connectivity index (χ2v) is 4.30. The van der Waals surface area contributed by atoms with Crippen LogP contribution in [0.15, 0.2) is 23.6 Å². The monoisotopic (exact) mass is 255 g/mol. The van der Waals surface area contributed by atoms with Gasteiger partial charge >= 0.3 is 5.97 Å². The number of thiazole rings is 1. The van der Waals surface area contributed by atoms with Gasteiger partial charge < -0.3 is 5.11 Å². The van der Waals surface area contributed by atoms with Crippen LogP contribution in [-0.2, 0) is 6.42 Å². The number of carboxylic acid groups (broad SMARTS) is 1. The quantitative estimate of drug-likeness (QED) is 0.917. The lowest BCUT2D eigenvalue weighted by molar-refractivity contribution is 0.0691. The van der Waals surface area contributed by atoms with Crippen LogP contribution in [-0.4, -0.2) is 16.1 Å². The summed E-state index contributed by atoms with van der Waals surface area (Å²) in [4.78, 5) is 14.5. The van der Waals surface area contributed by atoms with Gasteiger partial charge in [0.1, 0.15) is 0 Å². The van der Waals surface area contributed by atoms with E-state index in [-0.39, 0.29) is 12.1 Å². The minimum atomic E-state index is -1.10. The zero-order chi connectivity index (χ0) is 12.4. The number of aromatic nitrogens is 1. The first-order valence-electron chi connectivity index (χ1n) is 4.68. The van der Waals surface area contributed by atoms with Crippen molar-refractivity contribution >= 4 is 17.3 Å². The lowest BCUT2D eigenvalue weighted by atomic mass is 10.1. The Kier molecular flexibility index (Phi) is 3.14. The maximum Gasteiger partial charge on any atom is 0.355 e. The van der Waals surface area contributed by atoms with Gasteiger partial charge in [-0.3, -0.25) is 0 Å². The number of halogens is 2. The highest BCUT2D eigenvalue weighted by molar-refractivity contribution is 7.09. The highest BCUT2D eigenvalue weighted by atomic mass is 32.1. The van der Waals surface area contributed by atoms with Crippen molar-refractivity contribution in [3.8, 4) is 0 Å². The minimum absolute atomic E-state index is 0.0346. The Morgan fingerprint density at radius 3 is 2.71 bits per heavy atom. The van der Waals surface area contributed by atoms with Gasteiger partial charge in [-0.25, -0.2) is 18.6 Å². The standard InChI is InChI=1S/C11H7F2NO2S/c12-7-2-1-6(3-8(7)13)4-10-14-9(5-17-10)11(15)16/h1-3,5H,4H2,(H,15,16). The third-order valence-corrected chi connectivity index (χ3v) is 2.96. The third-order valence-electron chi connectivity index (χ3n) is 2.11. The molecule has 6 heteroatoms. The molecule has 0 bridgehead atoms. The Morgan fingerprint density at radius 1 is 1.35 bits per heavy atom. The normalized spacial score (nSPS) is 10.5. The zero-order valence-corrected chi connectivity index (χ0v) is 9.30. The fraction of sp³-hybridized carbons (Fsp3) is 0.0909. The maximum absolute atomic E-state index is 12.9. The summed E-state index contributed by atoms with van der Waals surface area (Å²) in [5, 5.41) is 10.6. The van der Waals surface area contributed by atoms with Crippen molar-refractivity contribution in [2.75, 3.05) is 0 Å². The van der Waals surface area contributed by atoms with Crippen LogP contribution >= 0.6 is 11.3 Å². The average Bonchev–Trinajstić information content (AvgIpc) is 2.72. The van der Waals surface area contributed by atoms with Crippen molar-refractivity contribution in [3.05, 3.63) is 51.5 Å². The molecule has 1 N–H and O–H groups in total. The molecule has 0 unspecified atom stereocenters. The van der Waals surface area contributed by atoms with Crippen LogP contribution in [0, 0.1) is 11.6 Å². The van der Waals surface area contributed by atoms with Crippen molar-refractivity contribution in [3.63, 3.8) is 0 Å². The fourth-order valence-electron chi connectivity index (χ4n) is 1.31. The molecule has 88 valence electrons. The molecule has 0 atom stereocenters. The van der Waals surface area contributed by atoms with E-state index in [1.165, 1.54) is 22.8 Å². The summed E-state index contributed by atoms with van der Waals surface area (Å²) in [5.74, 6) is -2.92. The summed E-state index contributed by atoms with van der Waals surface area (Å²) in [5.41, 5.74) is 0.516. The molecule has 0 aliphatic heterocycles. The average molecular weight is 255 g/mol. The van der Waals surface area contributed by atoms with E-state index < -0.39 is 17.6 Å². The molecule has 0 saturated heterocycles. The first-order chi connectivity index (χ1) is 8.06. The van der Waals surface area contributed by atoms with Crippen LogP contribution < -0.4 is 0 Å². The SMILES string of the molecule is O=C(O)c1csc(Cc2ccc(F)c(F)c2)n1. The summed E-state index contributed by atoms with van der Waals surface area (Å²) in [6.45, 7) is 0. The number of hydrogen-bond acceptors (Lipinski definition) is 3. The van der Waals surface area contributed by atoms with E-state index in [0.29, 0.717) is 10.6 Å². The van der Waals surface area contributed by atoms with Gasteiger partial charge in [0.25, 0.3) is 0 Å². The van der Waals surface area contributed by atoms with E-state index in [4.69, 9.17) is 5.11 Å². The number of rotatable bonds is 3. The number of nitrogens with zero attached hydrogens (tertiary/aromatic N) is 1. The summed E-state index contributed by atoms with van der Waals surface area (Å²) in [6.07, 6.45) is 0.287. The Bertz CT molecular complexity index is 568. The first-order valence-corrected chi connectivity index (χ1v) is 5.56. The molecule has 1 aromatic heterocycles. The van der Waals surface area contributed by atoms with Gasteiger partial charge in [-0.2, -0.15) is 0 Å². The molecule has 0 spiro atoms. The molecular formula is C11H7F2NO2S. The summed E-state index contributed by atoms with van der Waals surface area (Å²) in [7, 11) is 0. The van der Waals surface area contributed by atoms with E-state index in [2.05, 4.69) is 4.98 Å². The van der Waals surface area contributed by atoms with Crippen LogP contribution in [0.4, 0.5) is 8.78 Å². The van der Waals surface area contributed by atoms with Crippen molar-refractivity contribution in [2.24, 2.45) is 0 Å². The second-order valence-electron chi connectivity index (χ2n) is 3.36. The molecule has 2 aromatic rings. The Balaban J connectivity index is 2.19. The largest absolute Gasteiger partial charge is 0.476 e. The molecule has 1 heterocycles. The lowest BCUT2D eigenvalue weighted by Gasteiger charge is -1.98. The Hall–Kier alpha value is -1.82. The summed E-state index contributed by atoms with van der Waals surface area (Å²) >= 11 is 1.17. The predicted octanol–water partition coefficient (Wildman–Crippen LogP) is 2.71. The summed E-state index contributed by atoms with van der Waals surface area (Å²) < 4.78 is 25.6. The molecule has 2 rings (SSSR count). The molecule has 0 aliphatic rings. The maximum atomic E-state index is 12.9. The van der Waals surface area contributed by atoms with Crippen LogP contribution in [0.25, 0.3) is 0 Å². The molecule has 0 amide bonds. The van der Waals surface area contributed by atoms with E-state index in [1.807, 2.05) is 0 Å². The van der Waals surface area contributed by atoms with Gasteiger partial charge in [0.2, 0.25) is 0 Å². The zero-order valence-electron chi connectivity index (χ0n) is 8.48. The topological polar surface area (TPSA) is 50.2 Å². The van der Waals surface area contributed by atoms with Crippen molar-refractivity contribution in [1.82, 2.24) is 4.98 Å². The van der Waals surface area contributed by atoms with Gasteiger partial charge in [0.15, 0.2) is 17.3 Å². The van der Waals surface area contributed by atoms with E-state index in [1.54, 1.807) is 0 Å². The van der Waals surface area contributed by atoms with Crippen LogP contribution in [0.3, 0.4) is 0 Å². The van der Waals surface area contributed by atoms with Crippen LogP contribution in [0.2, 0.25) is 0 Å². The van der Waals surface area contributed by atoms with Gasteiger partial charge in [0.05, 0.1) is 5.01 Å². The van der Waals surface area contributed by atoms with Crippen molar-refractivity contribution in [1.29, 1.82) is 0 Å². The van der Waals surface area contributed by atoms with Gasteiger partial charge in [-0.1, -0.05) is 6.07 Å². The number of carbonyl (C=O) groups is 1. The molecule has 0 aliphatic carbocycles. The van der Waals surface area contributed by atoms with Gasteiger partial charge in [-0.05, 0) is 17.7 Å². The number of aromatic carboxylic acids is 1. The lowest BCUT2D eigenvalue weighted by Crippen LogP contribution is -1.97. The molecule has 0 fully saturated rings. The number of benzene rings is 1. The molecule has 17 heavy (non-hydrogen) atoms. The van der Waals surface area contributed by atoms with E-state index in [0.717, 1.165) is 12.1 Å². The Labute approximate surface area is 99.4 Å². The fourth-order valence-corrected chi connectivity index (χ4v) is 2.12. The first kappa shape index (κ1) is 11.7. The Morgan fingerprint density at radius 2 is 2.12 bits per heavy atom. The highest BCUT2D eigenvalue weighted by Crippen LogP contribution is 2.16. The van der Waals surface area contributed by atoms with Crippen molar-refractivity contribution in [2.45, 2.75) is 6.42 Å². The smallest absolute Gasteiger partial charge is 0.355 e. The third kappa shape index (κ3) is 2.65. The van der Waals surface area contributed by atoms with E-state index in [9.17, 15) is 13.6 Å². The number of carboxylic acids is 1. The molecule has 1 aromatic carbocycles. The molecule has 3 nitrogen and oxygen atoms in total. The minimum Gasteiger partial charge on any atom is -0.476 e. The number of hydrogen-bond donors (Lipinski definition) is 1. The summed E-state index contributed by atoms with van der Waals surface area (Å²) in [6, 6.07) is 3.56. The van der Waals surface area contributed by atoms with Crippen LogP contribution in [0.5, 0.6) is 0 Å².